The van der Waals surface area contributed by atoms with Gasteiger partial charge < -0.3 is 19.6 Å². The van der Waals surface area contributed by atoms with Gasteiger partial charge in [0.2, 0.25) is 11.8 Å². The van der Waals surface area contributed by atoms with Gasteiger partial charge in [0.1, 0.15) is 5.75 Å². The van der Waals surface area contributed by atoms with E-state index in [1.165, 1.54) is 0 Å². The molecule has 1 spiro atoms. The number of hydrogen-bond donors (Lipinski definition) is 1. The molecular weight excluding hydrogens is 296 g/mol. The molecule has 3 aliphatic heterocycles. The lowest BCUT2D eigenvalue weighted by molar-refractivity contribution is -0.181. The number of benzene rings is 1. The van der Waals surface area contributed by atoms with E-state index >= 15 is 0 Å². The highest BCUT2D eigenvalue weighted by atomic mass is 16.5. The molecule has 6 nitrogen and oxygen atoms in total. The second-order valence-electron chi connectivity index (χ2n) is 6.50. The minimum absolute atomic E-state index is 0.0127. The van der Waals surface area contributed by atoms with Crippen molar-refractivity contribution in [1.82, 2.24) is 9.80 Å². The molecule has 3 aliphatic rings. The number of ether oxygens (including phenoxy) is 1. The molecule has 3 fully saturated rings. The summed E-state index contributed by atoms with van der Waals surface area (Å²) in [5, 5.41) is 9.53. The summed E-state index contributed by atoms with van der Waals surface area (Å²) in [6, 6.07) is 6.57. The van der Waals surface area contributed by atoms with Gasteiger partial charge in [0.15, 0.2) is 5.72 Å². The molecule has 1 aromatic rings. The van der Waals surface area contributed by atoms with Crippen LogP contribution in [0.25, 0.3) is 0 Å². The Kier molecular flexibility index (Phi) is 3.30. The number of phenols is 1. The van der Waals surface area contributed by atoms with E-state index < -0.39 is 5.72 Å². The first kappa shape index (κ1) is 14.5. The number of nitrogens with zero attached hydrogens (tertiary/aromatic N) is 2. The van der Waals surface area contributed by atoms with Gasteiger partial charge >= 0.3 is 0 Å². The molecule has 122 valence electrons. The molecule has 2 amide bonds. The third-order valence-corrected chi connectivity index (χ3v) is 5.20. The van der Waals surface area contributed by atoms with Crippen LogP contribution in [-0.2, 0) is 20.7 Å². The van der Waals surface area contributed by atoms with Crippen molar-refractivity contribution in [3.63, 3.8) is 0 Å². The van der Waals surface area contributed by atoms with Crippen LogP contribution in [0.5, 0.6) is 5.75 Å². The van der Waals surface area contributed by atoms with Gasteiger partial charge in [-0.15, -0.1) is 0 Å². The van der Waals surface area contributed by atoms with Crippen molar-refractivity contribution >= 4 is 11.8 Å². The Morgan fingerprint density at radius 1 is 1.39 bits per heavy atom. The number of phenolic OH excluding ortho intramolecular Hbond substituents is 1. The molecule has 4 rings (SSSR count). The van der Waals surface area contributed by atoms with Crippen LogP contribution in [0.2, 0.25) is 0 Å². The van der Waals surface area contributed by atoms with Gasteiger partial charge in [-0.3, -0.25) is 9.59 Å². The van der Waals surface area contributed by atoms with Gasteiger partial charge in [-0.2, -0.15) is 0 Å². The lowest BCUT2D eigenvalue weighted by Gasteiger charge is -2.42. The highest BCUT2D eigenvalue weighted by Gasteiger charge is 2.61. The molecule has 0 saturated carbocycles. The molecule has 0 bridgehead atoms. The van der Waals surface area contributed by atoms with Crippen LogP contribution < -0.4 is 0 Å². The largest absolute Gasteiger partial charge is 0.508 e. The molecule has 1 N–H and O–H groups in total. The summed E-state index contributed by atoms with van der Waals surface area (Å²) in [7, 11) is 0. The van der Waals surface area contributed by atoms with Gasteiger partial charge in [-0.05, 0) is 24.1 Å². The second kappa shape index (κ2) is 5.23. The van der Waals surface area contributed by atoms with Gasteiger partial charge in [0.05, 0.1) is 25.5 Å². The molecule has 2 atom stereocenters. The lowest BCUT2D eigenvalue weighted by Crippen LogP contribution is -2.56. The van der Waals surface area contributed by atoms with E-state index in [9.17, 15) is 14.7 Å². The summed E-state index contributed by atoms with van der Waals surface area (Å²) in [6.45, 7) is 1.99. The Bertz CT molecular complexity index is 662. The smallest absolute Gasteiger partial charge is 0.227 e. The van der Waals surface area contributed by atoms with Crippen molar-refractivity contribution in [2.75, 3.05) is 19.7 Å². The summed E-state index contributed by atoms with van der Waals surface area (Å²) in [5.74, 6) is 0.233. The lowest BCUT2D eigenvalue weighted by atomic mass is 10.0. The maximum Gasteiger partial charge on any atom is 0.227 e. The molecular formula is C17H20N2O4. The van der Waals surface area contributed by atoms with Crippen LogP contribution in [0, 0.1) is 0 Å². The van der Waals surface area contributed by atoms with E-state index in [1.54, 1.807) is 23.1 Å². The molecule has 3 heterocycles. The zero-order chi connectivity index (χ0) is 16.0. The molecule has 0 unspecified atom stereocenters. The van der Waals surface area contributed by atoms with Crippen LogP contribution in [0.4, 0.5) is 0 Å². The predicted molar refractivity (Wildman–Crippen MR) is 81.6 cm³/mol. The van der Waals surface area contributed by atoms with E-state index in [4.69, 9.17) is 4.74 Å². The third-order valence-electron chi connectivity index (χ3n) is 5.20. The van der Waals surface area contributed by atoms with Crippen LogP contribution in [0.3, 0.4) is 0 Å². The topological polar surface area (TPSA) is 70.1 Å². The van der Waals surface area contributed by atoms with Crippen molar-refractivity contribution < 1.29 is 19.4 Å². The third kappa shape index (κ3) is 2.20. The predicted octanol–water partition coefficient (Wildman–Crippen LogP) is 0.885. The van der Waals surface area contributed by atoms with Crippen molar-refractivity contribution in [3.05, 3.63) is 29.8 Å². The van der Waals surface area contributed by atoms with Crippen molar-refractivity contribution in [3.8, 4) is 5.75 Å². The molecule has 0 radical (unpaired) electrons. The van der Waals surface area contributed by atoms with Crippen LogP contribution in [0.15, 0.2) is 24.3 Å². The number of carbonyl (C=O) groups excluding carboxylic acids is 2. The van der Waals surface area contributed by atoms with Gasteiger partial charge in [0, 0.05) is 19.5 Å². The Hall–Kier alpha value is -2.08. The number of hydrogen-bond acceptors (Lipinski definition) is 4. The Morgan fingerprint density at radius 2 is 2.26 bits per heavy atom. The first-order valence-electron chi connectivity index (χ1n) is 8.12. The van der Waals surface area contributed by atoms with Crippen molar-refractivity contribution in [2.24, 2.45) is 0 Å². The van der Waals surface area contributed by atoms with E-state index in [1.807, 2.05) is 11.0 Å². The summed E-state index contributed by atoms with van der Waals surface area (Å²) >= 11 is 0. The van der Waals surface area contributed by atoms with Crippen LogP contribution >= 0.6 is 0 Å². The zero-order valence-electron chi connectivity index (χ0n) is 12.9. The molecule has 0 aliphatic carbocycles. The zero-order valence-corrected chi connectivity index (χ0v) is 12.9. The van der Waals surface area contributed by atoms with Crippen LogP contribution in [0.1, 0.15) is 24.8 Å². The fraction of sp³-hybridized carbons (Fsp3) is 0.529. The first-order chi connectivity index (χ1) is 11.1. The Balaban J connectivity index is 1.54. The minimum Gasteiger partial charge on any atom is -0.508 e. The second-order valence-corrected chi connectivity index (χ2v) is 6.50. The fourth-order valence-corrected chi connectivity index (χ4v) is 4.19. The molecule has 3 saturated heterocycles. The van der Waals surface area contributed by atoms with Crippen molar-refractivity contribution in [2.45, 2.75) is 37.5 Å². The van der Waals surface area contributed by atoms with Gasteiger partial charge in [-0.1, -0.05) is 12.1 Å². The number of carbonyl (C=O) groups is 2. The highest BCUT2D eigenvalue weighted by Crippen LogP contribution is 2.44. The number of likely N-dealkylation sites (tertiary alicyclic amines) is 1. The first-order valence-corrected chi connectivity index (χ1v) is 8.12. The maximum atomic E-state index is 12.7. The number of rotatable bonds is 2. The Morgan fingerprint density at radius 3 is 3.09 bits per heavy atom. The van der Waals surface area contributed by atoms with E-state index in [-0.39, 0.29) is 30.0 Å². The normalized spacial score (nSPS) is 29.6. The van der Waals surface area contributed by atoms with Crippen LogP contribution in [-0.4, -0.2) is 58.2 Å². The van der Waals surface area contributed by atoms with E-state index in [2.05, 4.69) is 0 Å². The number of amides is 2. The van der Waals surface area contributed by atoms with Gasteiger partial charge in [0.25, 0.3) is 0 Å². The quantitative estimate of drug-likeness (QED) is 0.879. The molecule has 23 heavy (non-hydrogen) atoms. The monoisotopic (exact) mass is 316 g/mol. The summed E-state index contributed by atoms with van der Waals surface area (Å²) < 4.78 is 6.00. The van der Waals surface area contributed by atoms with E-state index in [0.717, 1.165) is 18.5 Å². The number of aromatic hydroxyl groups is 1. The standard InChI is InChI=1S/C17H20N2O4/c20-13-4-1-3-12(9-13)10-15(21)18-7-5-17-14(18)11-16(22)19(17)6-2-8-23-17/h1,3-4,9,14,20H,2,5-8,10-11H2/t14-,17+/m1/s1. The van der Waals surface area contributed by atoms with Gasteiger partial charge in [-0.25, -0.2) is 0 Å². The van der Waals surface area contributed by atoms with E-state index in [0.29, 0.717) is 26.0 Å². The SMILES string of the molecule is O=C(Cc1cccc(O)c1)N1CC[C@@]23OCCCN2C(=O)C[C@@H]13. The van der Waals surface area contributed by atoms with Crippen molar-refractivity contribution in [1.29, 1.82) is 0 Å². The Labute approximate surface area is 134 Å². The molecule has 0 aromatic heterocycles. The average Bonchev–Trinajstić information content (AvgIpc) is 3.00. The average molecular weight is 316 g/mol. The fourth-order valence-electron chi connectivity index (χ4n) is 4.19. The summed E-state index contributed by atoms with van der Waals surface area (Å²) in [4.78, 5) is 28.6. The molecule has 6 heteroatoms. The maximum absolute atomic E-state index is 12.7. The highest BCUT2D eigenvalue weighted by molar-refractivity contribution is 5.85. The summed E-state index contributed by atoms with van der Waals surface area (Å²) in [6.07, 6.45) is 2.13. The minimum atomic E-state index is -0.593. The molecule has 1 aromatic carbocycles. The summed E-state index contributed by atoms with van der Waals surface area (Å²) in [5.41, 5.74) is 0.186.